The minimum absolute atomic E-state index is 0.0473. The van der Waals surface area contributed by atoms with Crippen LogP contribution >= 0.6 is 0 Å². The van der Waals surface area contributed by atoms with Crippen LogP contribution in [0.3, 0.4) is 0 Å². The van der Waals surface area contributed by atoms with Gasteiger partial charge in [0.2, 0.25) is 0 Å². The fourth-order valence-corrected chi connectivity index (χ4v) is 3.40. The number of nitrogens with zero attached hydrogens (tertiary/aromatic N) is 1. The van der Waals surface area contributed by atoms with Crippen molar-refractivity contribution in [3.8, 4) is 0 Å². The zero-order chi connectivity index (χ0) is 19.1. The first-order chi connectivity index (χ1) is 13.2. The molecule has 0 aliphatic carbocycles. The van der Waals surface area contributed by atoms with Gasteiger partial charge in [-0.2, -0.15) is 0 Å². The maximum atomic E-state index is 12.3. The van der Waals surface area contributed by atoms with Crippen molar-refractivity contribution in [2.24, 2.45) is 5.92 Å². The summed E-state index contributed by atoms with van der Waals surface area (Å²) in [7, 11) is 1.61. The average molecular weight is 370 g/mol. The lowest BCUT2D eigenvalue weighted by Crippen LogP contribution is -2.38. The number of methoxy groups -OCH3 is 1. The van der Waals surface area contributed by atoms with Gasteiger partial charge in [-0.25, -0.2) is 0 Å². The Morgan fingerprint density at radius 1 is 1.15 bits per heavy atom. The van der Waals surface area contributed by atoms with Crippen molar-refractivity contribution in [2.75, 3.05) is 33.4 Å². The first kappa shape index (κ1) is 19.2. The standard InChI is InChI=1S/C21H26N2O4/c1-26-13-9-22-20(24)18-4-2-16(3-5-18)14-17-6-10-23(11-7-17)21(25)19-8-12-27-15-19/h2-5,8,12,15,17H,6-7,9-11,13-14H2,1H3,(H,22,24). The van der Waals surface area contributed by atoms with Crippen molar-refractivity contribution in [3.63, 3.8) is 0 Å². The maximum absolute atomic E-state index is 12.3. The molecule has 1 saturated heterocycles. The molecule has 0 bridgehead atoms. The molecule has 1 fully saturated rings. The molecule has 0 saturated carbocycles. The normalized spacial score (nSPS) is 14.9. The van der Waals surface area contributed by atoms with E-state index in [1.54, 1.807) is 13.2 Å². The van der Waals surface area contributed by atoms with E-state index < -0.39 is 0 Å². The highest BCUT2D eigenvalue weighted by Gasteiger charge is 2.24. The quantitative estimate of drug-likeness (QED) is 0.761. The van der Waals surface area contributed by atoms with Crippen molar-refractivity contribution in [3.05, 3.63) is 59.5 Å². The molecule has 144 valence electrons. The van der Waals surface area contributed by atoms with Crippen molar-refractivity contribution in [2.45, 2.75) is 19.3 Å². The third kappa shape index (κ3) is 5.20. The first-order valence-electron chi connectivity index (χ1n) is 9.35. The summed E-state index contributed by atoms with van der Waals surface area (Å²) in [6, 6.07) is 9.49. The summed E-state index contributed by atoms with van der Waals surface area (Å²) in [6.45, 7) is 2.56. The Balaban J connectivity index is 1.46. The van der Waals surface area contributed by atoms with Crippen LogP contribution < -0.4 is 5.32 Å². The van der Waals surface area contributed by atoms with Gasteiger partial charge in [0.25, 0.3) is 11.8 Å². The van der Waals surface area contributed by atoms with Crippen LogP contribution in [0.4, 0.5) is 0 Å². The van der Waals surface area contributed by atoms with Crippen molar-refractivity contribution in [1.29, 1.82) is 0 Å². The van der Waals surface area contributed by atoms with Crippen LogP contribution in [-0.4, -0.2) is 50.1 Å². The molecule has 2 amide bonds. The highest BCUT2D eigenvalue weighted by Crippen LogP contribution is 2.23. The minimum Gasteiger partial charge on any atom is -0.472 e. The van der Waals surface area contributed by atoms with Gasteiger partial charge in [0.15, 0.2) is 0 Å². The van der Waals surface area contributed by atoms with Crippen LogP contribution in [0.1, 0.15) is 39.1 Å². The van der Waals surface area contributed by atoms with Gasteiger partial charge >= 0.3 is 0 Å². The van der Waals surface area contributed by atoms with E-state index in [2.05, 4.69) is 5.32 Å². The summed E-state index contributed by atoms with van der Waals surface area (Å²) in [6.07, 6.45) is 5.98. The molecule has 3 rings (SSSR count). The number of hydrogen-bond acceptors (Lipinski definition) is 4. The van der Waals surface area contributed by atoms with Crippen LogP contribution in [0.5, 0.6) is 0 Å². The molecular weight excluding hydrogens is 344 g/mol. The first-order valence-corrected chi connectivity index (χ1v) is 9.35. The highest BCUT2D eigenvalue weighted by molar-refractivity contribution is 5.94. The molecule has 1 aromatic carbocycles. The molecule has 0 atom stereocenters. The number of amides is 2. The van der Waals surface area contributed by atoms with E-state index in [1.165, 1.54) is 18.1 Å². The number of likely N-dealkylation sites (tertiary alicyclic amines) is 1. The second-order valence-electron chi connectivity index (χ2n) is 6.90. The summed E-state index contributed by atoms with van der Waals surface area (Å²) in [5.41, 5.74) is 2.51. The summed E-state index contributed by atoms with van der Waals surface area (Å²) >= 11 is 0. The Hall–Kier alpha value is -2.60. The molecule has 1 aliphatic rings. The van der Waals surface area contributed by atoms with Crippen LogP contribution in [0.15, 0.2) is 47.3 Å². The molecule has 1 N–H and O–H groups in total. The third-order valence-electron chi connectivity index (χ3n) is 5.00. The summed E-state index contributed by atoms with van der Waals surface area (Å²) in [4.78, 5) is 26.2. The van der Waals surface area contributed by atoms with Gasteiger partial charge in [0.05, 0.1) is 18.4 Å². The number of carbonyl (C=O) groups excluding carboxylic acids is 2. The number of rotatable bonds is 7. The molecule has 0 radical (unpaired) electrons. The number of piperidine rings is 1. The maximum Gasteiger partial charge on any atom is 0.257 e. The number of hydrogen-bond donors (Lipinski definition) is 1. The molecule has 27 heavy (non-hydrogen) atoms. The van der Waals surface area contributed by atoms with Crippen LogP contribution in [0.2, 0.25) is 0 Å². The fraction of sp³-hybridized carbons (Fsp3) is 0.429. The van der Waals surface area contributed by atoms with Crippen LogP contribution in [0.25, 0.3) is 0 Å². The van der Waals surface area contributed by atoms with E-state index in [1.807, 2.05) is 29.2 Å². The van der Waals surface area contributed by atoms with Gasteiger partial charge in [-0.05, 0) is 48.9 Å². The lowest BCUT2D eigenvalue weighted by Gasteiger charge is -2.31. The van der Waals surface area contributed by atoms with Crippen molar-refractivity contribution < 1.29 is 18.7 Å². The molecule has 1 aliphatic heterocycles. The van der Waals surface area contributed by atoms with E-state index in [0.29, 0.717) is 30.2 Å². The molecular formula is C21H26N2O4. The monoisotopic (exact) mass is 370 g/mol. The topological polar surface area (TPSA) is 71.8 Å². The summed E-state index contributed by atoms with van der Waals surface area (Å²) in [5.74, 6) is 0.524. The molecule has 6 nitrogen and oxygen atoms in total. The number of furan rings is 1. The van der Waals surface area contributed by atoms with Gasteiger partial charge in [-0.1, -0.05) is 12.1 Å². The Morgan fingerprint density at radius 2 is 1.89 bits per heavy atom. The minimum atomic E-state index is -0.0790. The van der Waals surface area contributed by atoms with Gasteiger partial charge in [0, 0.05) is 32.3 Å². The van der Waals surface area contributed by atoms with Crippen LogP contribution in [-0.2, 0) is 11.2 Å². The Morgan fingerprint density at radius 3 is 2.52 bits per heavy atom. The molecule has 2 heterocycles. The zero-order valence-electron chi connectivity index (χ0n) is 15.6. The zero-order valence-corrected chi connectivity index (χ0v) is 15.6. The predicted octanol–water partition coefficient (Wildman–Crippen LogP) is 2.75. The van der Waals surface area contributed by atoms with Crippen LogP contribution in [0, 0.1) is 5.92 Å². The smallest absolute Gasteiger partial charge is 0.257 e. The number of carbonyl (C=O) groups is 2. The average Bonchev–Trinajstić information content (AvgIpc) is 3.23. The molecule has 0 unspecified atom stereocenters. The van der Waals surface area contributed by atoms with E-state index in [0.717, 1.165) is 32.4 Å². The summed E-state index contributed by atoms with van der Waals surface area (Å²) < 4.78 is 9.93. The van der Waals surface area contributed by atoms with Gasteiger partial charge in [-0.3, -0.25) is 9.59 Å². The van der Waals surface area contributed by atoms with Crippen molar-refractivity contribution in [1.82, 2.24) is 10.2 Å². The Kier molecular flexibility index (Phi) is 6.65. The van der Waals surface area contributed by atoms with E-state index in [9.17, 15) is 9.59 Å². The second-order valence-corrected chi connectivity index (χ2v) is 6.90. The molecule has 6 heteroatoms. The predicted molar refractivity (Wildman–Crippen MR) is 102 cm³/mol. The number of benzene rings is 1. The van der Waals surface area contributed by atoms with Gasteiger partial charge in [-0.15, -0.1) is 0 Å². The number of nitrogens with one attached hydrogen (secondary N) is 1. The van der Waals surface area contributed by atoms with E-state index in [4.69, 9.17) is 9.15 Å². The molecule has 1 aromatic heterocycles. The van der Waals surface area contributed by atoms with Gasteiger partial charge in [0.1, 0.15) is 6.26 Å². The largest absolute Gasteiger partial charge is 0.472 e. The Labute approximate surface area is 159 Å². The SMILES string of the molecule is COCCNC(=O)c1ccc(CC2CCN(C(=O)c3ccoc3)CC2)cc1. The van der Waals surface area contributed by atoms with E-state index in [-0.39, 0.29) is 11.8 Å². The Bertz CT molecular complexity index is 732. The number of ether oxygens (including phenoxy) is 1. The molecule has 0 spiro atoms. The van der Waals surface area contributed by atoms with Crippen molar-refractivity contribution >= 4 is 11.8 Å². The highest BCUT2D eigenvalue weighted by atomic mass is 16.5. The fourth-order valence-electron chi connectivity index (χ4n) is 3.40. The lowest BCUT2D eigenvalue weighted by molar-refractivity contribution is 0.0689. The molecule has 2 aromatic rings. The van der Waals surface area contributed by atoms with Gasteiger partial charge < -0.3 is 19.4 Å². The third-order valence-corrected chi connectivity index (χ3v) is 5.00. The van der Waals surface area contributed by atoms with E-state index >= 15 is 0 Å². The summed E-state index contributed by atoms with van der Waals surface area (Å²) in [5, 5.41) is 2.82. The second kappa shape index (κ2) is 9.37. The lowest BCUT2D eigenvalue weighted by atomic mass is 9.89.